The first kappa shape index (κ1) is 14.2. The number of rotatable bonds is 3. The maximum Gasteiger partial charge on any atom is 0.125 e. The van der Waals surface area contributed by atoms with E-state index >= 15 is 0 Å². The molecule has 1 aromatic carbocycles. The van der Waals surface area contributed by atoms with Gasteiger partial charge in [0, 0.05) is 11.4 Å². The van der Waals surface area contributed by atoms with E-state index in [-0.39, 0.29) is 5.41 Å². The maximum absolute atomic E-state index is 6.28. The third-order valence-electron chi connectivity index (χ3n) is 5.01. The zero-order valence-electron chi connectivity index (χ0n) is 12.3. The molecule has 0 spiro atoms. The molecule has 3 rings (SSSR count). The van der Waals surface area contributed by atoms with Crippen LogP contribution in [-0.4, -0.2) is 13.2 Å². The second-order valence-electron chi connectivity index (χ2n) is 6.73. The van der Waals surface area contributed by atoms with Crippen molar-refractivity contribution in [2.75, 3.05) is 13.2 Å². The fourth-order valence-corrected chi connectivity index (χ4v) is 4.33. The van der Waals surface area contributed by atoms with Crippen LogP contribution in [0.2, 0.25) is 5.02 Å². The van der Waals surface area contributed by atoms with Crippen molar-refractivity contribution in [2.24, 2.45) is 17.1 Å². The van der Waals surface area contributed by atoms with E-state index in [1.807, 2.05) is 6.07 Å². The van der Waals surface area contributed by atoms with Gasteiger partial charge in [0.1, 0.15) is 5.75 Å². The molecule has 2 atom stereocenters. The Bertz CT molecular complexity index is 502. The first-order valence-electron chi connectivity index (χ1n) is 7.76. The van der Waals surface area contributed by atoms with E-state index in [0.29, 0.717) is 0 Å². The summed E-state index contributed by atoms with van der Waals surface area (Å²) >= 11 is 6.28. The summed E-state index contributed by atoms with van der Waals surface area (Å²) in [6.07, 6.45) is 7.08. The number of fused-ring (bicyclic) bond motifs is 1. The Morgan fingerprint density at radius 3 is 3.05 bits per heavy atom. The molecule has 1 aliphatic heterocycles. The van der Waals surface area contributed by atoms with E-state index in [1.54, 1.807) is 0 Å². The van der Waals surface area contributed by atoms with Crippen LogP contribution in [0.15, 0.2) is 12.1 Å². The minimum Gasteiger partial charge on any atom is -0.493 e. The number of hydrogen-bond acceptors (Lipinski definition) is 2. The highest BCUT2D eigenvalue weighted by molar-refractivity contribution is 6.30. The van der Waals surface area contributed by atoms with Crippen LogP contribution in [0.5, 0.6) is 5.75 Å². The number of ether oxygens (including phenoxy) is 1. The van der Waals surface area contributed by atoms with Crippen LogP contribution < -0.4 is 10.5 Å². The molecule has 3 heteroatoms. The molecule has 1 heterocycles. The van der Waals surface area contributed by atoms with Gasteiger partial charge in [0.25, 0.3) is 0 Å². The van der Waals surface area contributed by atoms with Gasteiger partial charge < -0.3 is 10.5 Å². The summed E-state index contributed by atoms with van der Waals surface area (Å²) in [5, 5.41) is 0.834. The minimum atomic E-state index is 0.238. The fourth-order valence-electron chi connectivity index (χ4n) is 4.07. The Labute approximate surface area is 126 Å². The van der Waals surface area contributed by atoms with Crippen molar-refractivity contribution in [1.82, 2.24) is 0 Å². The molecule has 2 aliphatic rings. The fraction of sp³-hybridized carbons (Fsp3) is 0.647. The van der Waals surface area contributed by atoms with Crippen LogP contribution in [0.25, 0.3) is 0 Å². The van der Waals surface area contributed by atoms with Gasteiger partial charge in [-0.25, -0.2) is 0 Å². The standard InChI is InChI=1S/C17H24ClNO/c1-12-3-2-5-17(9-12,11-19)10-14-8-15(18)7-13-4-6-20-16(13)14/h7-8,12H,2-6,9-11,19H2,1H3. The largest absolute Gasteiger partial charge is 0.493 e. The number of hydrogen-bond donors (Lipinski definition) is 1. The Kier molecular flexibility index (Phi) is 3.96. The van der Waals surface area contributed by atoms with E-state index in [0.717, 1.165) is 42.7 Å². The lowest BCUT2D eigenvalue weighted by atomic mass is 9.67. The van der Waals surface area contributed by atoms with Gasteiger partial charge >= 0.3 is 0 Å². The van der Waals surface area contributed by atoms with Gasteiger partial charge in [-0.05, 0) is 60.4 Å². The first-order valence-corrected chi connectivity index (χ1v) is 8.14. The van der Waals surface area contributed by atoms with Gasteiger partial charge in [0.05, 0.1) is 6.61 Å². The van der Waals surface area contributed by atoms with E-state index in [2.05, 4.69) is 13.0 Å². The van der Waals surface area contributed by atoms with E-state index in [4.69, 9.17) is 22.1 Å². The zero-order chi connectivity index (χ0) is 14.2. The summed E-state index contributed by atoms with van der Waals surface area (Å²) in [4.78, 5) is 0. The maximum atomic E-state index is 6.28. The molecule has 1 aliphatic carbocycles. The summed E-state index contributed by atoms with van der Waals surface area (Å²) < 4.78 is 5.84. The zero-order valence-corrected chi connectivity index (χ0v) is 13.0. The third-order valence-corrected chi connectivity index (χ3v) is 5.23. The molecule has 0 radical (unpaired) electrons. The van der Waals surface area contributed by atoms with Crippen LogP contribution in [-0.2, 0) is 12.8 Å². The quantitative estimate of drug-likeness (QED) is 0.915. The second-order valence-corrected chi connectivity index (χ2v) is 7.17. The lowest BCUT2D eigenvalue weighted by molar-refractivity contribution is 0.152. The highest BCUT2D eigenvalue weighted by Crippen LogP contribution is 2.44. The summed E-state index contributed by atoms with van der Waals surface area (Å²) in [5.41, 5.74) is 8.93. The smallest absolute Gasteiger partial charge is 0.125 e. The molecular formula is C17H24ClNO. The molecule has 0 bridgehead atoms. The monoisotopic (exact) mass is 293 g/mol. The minimum absolute atomic E-state index is 0.238. The lowest BCUT2D eigenvalue weighted by Gasteiger charge is -2.39. The summed E-state index contributed by atoms with van der Waals surface area (Å²) in [5.74, 6) is 1.86. The molecule has 110 valence electrons. The van der Waals surface area contributed by atoms with Crippen LogP contribution in [0.3, 0.4) is 0 Å². The first-order chi connectivity index (χ1) is 9.62. The van der Waals surface area contributed by atoms with Gasteiger partial charge in [0.15, 0.2) is 0 Å². The van der Waals surface area contributed by atoms with Crippen molar-refractivity contribution in [3.63, 3.8) is 0 Å². The van der Waals surface area contributed by atoms with Crippen LogP contribution in [0, 0.1) is 11.3 Å². The summed E-state index contributed by atoms with van der Waals surface area (Å²) in [6.45, 7) is 3.90. The van der Waals surface area contributed by atoms with Gasteiger partial charge in [-0.15, -0.1) is 0 Å². The Hall–Kier alpha value is -0.730. The van der Waals surface area contributed by atoms with Crippen molar-refractivity contribution in [3.05, 3.63) is 28.3 Å². The topological polar surface area (TPSA) is 35.2 Å². The third kappa shape index (κ3) is 2.68. The number of nitrogens with two attached hydrogens (primary N) is 1. The van der Waals surface area contributed by atoms with Crippen LogP contribution in [0.1, 0.15) is 43.7 Å². The van der Waals surface area contributed by atoms with Crippen molar-refractivity contribution < 1.29 is 4.74 Å². The molecule has 2 nitrogen and oxygen atoms in total. The Balaban J connectivity index is 1.90. The van der Waals surface area contributed by atoms with Crippen molar-refractivity contribution >= 4 is 11.6 Å². The highest BCUT2D eigenvalue weighted by Gasteiger charge is 2.35. The van der Waals surface area contributed by atoms with Crippen molar-refractivity contribution in [3.8, 4) is 5.75 Å². The summed E-state index contributed by atoms with van der Waals surface area (Å²) in [6, 6.07) is 4.13. The molecule has 2 N–H and O–H groups in total. The van der Waals surface area contributed by atoms with Gasteiger partial charge in [-0.3, -0.25) is 0 Å². The molecule has 1 aromatic rings. The van der Waals surface area contributed by atoms with Gasteiger partial charge in [0.2, 0.25) is 0 Å². The lowest BCUT2D eigenvalue weighted by Crippen LogP contribution is -2.37. The van der Waals surface area contributed by atoms with E-state index in [1.165, 1.54) is 36.8 Å². The second kappa shape index (κ2) is 5.57. The molecular weight excluding hydrogens is 270 g/mol. The predicted octanol–water partition coefficient (Wildman–Crippen LogP) is 3.97. The molecule has 2 unspecified atom stereocenters. The SMILES string of the molecule is CC1CCCC(CN)(Cc2cc(Cl)cc3c2OCC3)C1. The van der Waals surface area contributed by atoms with Crippen LogP contribution in [0.4, 0.5) is 0 Å². The van der Waals surface area contributed by atoms with Crippen molar-refractivity contribution in [2.45, 2.75) is 45.4 Å². The van der Waals surface area contributed by atoms with Crippen LogP contribution >= 0.6 is 11.6 Å². The number of benzene rings is 1. The predicted molar refractivity (Wildman–Crippen MR) is 83.5 cm³/mol. The average molecular weight is 294 g/mol. The van der Waals surface area contributed by atoms with Gasteiger partial charge in [-0.2, -0.15) is 0 Å². The van der Waals surface area contributed by atoms with E-state index in [9.17, 15) is 0 Å². The molecule has 1 saturated carbocycles. The molecule has 0 amide bonds. The number of halogens is 1. The van der Waals surface area contributed by atoms with E-state index < -0.39 is 0 Å². The Morgan fingerprint density at radius 2 is 2.30 bits per heavy atom. The Morgan fingerprint density at radius 1 is 1.45 bits per heavy atom. The average Bonchev–Trinajstić information content (AvgIpc) is 2.87. The molecule has 20 heavy (non-hydrogen) atoms. The normalized spacial score (nSPS) is 29.1. The summed E-state index contributed by atoms with van der Waals surface area (Å²) in [7, 11) is 0. The highest BCUT2D eigenvalue weighted by atomic mass is 35.5. The molecule has 0 saturated heterocycles. The molecule has 0 aromatic heterocycles. The van der Waals surface area contributed by atoms with Crippen molar-refractivity contribution in [1.29, 1.82) is 0 Å². The molecule has 1 fully saturated rings. The van der Waals surface area contributed by atoms with Gasteiger partial charge in [-0.1, -0.05) is 31.4 Å².